The number of hydrogen-bond donors (Lipinski definition) is 2. The number of aromatic nitrogens is 1. The molecule has 128 valence electrons. The molecule has 1 heterocycles. The first-order valence-electron chi connectivity index (χ1n) is 7.20. The molecule has 0 aliphatic rings. The average Bonchev–Trinajstić information content (AvgIpc) is 3.10. The predicted molar refractivity (Wildman–Crippen MR) is 90.9 cm³/mol. The van der Waals surface area contributed by atoms with E-state index >= 15 is 0 Å². The van der Waals surface area contributed by atoms with Gasteiger partial charge in [-0.05, 0) is 24.6 Å². The van der Waals surface area contributed by atoms with Crippen LogP contribution in [0.2, 0.25) is 0 Å². The number of carbonyl (C=O) groups is 2. The Kier molecular flexibility index (Phi) is 5.75. The number of thiazole rings is 1. The molecule has 0 aliphatic heterocycles. The lowest BCUT2D eigenvalue weighted by molar-refractivity contribution is 0.0935. The van der Waals surface area contributed by atoms with E-state index in [1.54, 1.807) is 31.7 Å². The van der Waals surface area contributed by atoms with E-state index < -0.39 is 0 Å². The minimum absolute atomic E-state index is 0.214. The van der Waals surface area contributed by atoms with Crippen LogP contribution >= 0.6 is 11.3 Å². The van der Waals surface area contributed by atoms with E-state index in [1.807, 2.05) is 13.0 Å². The number of amides is 2. The van der Waals surface area contributed by atoms with Gasteiger partial charge in [0.15, 0.2) is 16.5 Å². The van der Waals surface area contributed by atoms with E-state index in [0.29, 0.717) is 11.5 Å². The van der Waals surface area contributed by atoms with E-state index in [1.165, 1.54) is 7.05 Å². The standard InChI is InChI=1S/C16H19N3O4S/c1-9(10-5-6-12(22-3)13(7-10)23-4)18-14(20)11-8-24-16(19-11)15(21)17-2/h5-9H,1-4H3,(H,17,21)(H,18,20)/t9-/m0/s1. The van der Waals surface area contributed by atoms with Crippen molar-refractivity contribution in [3.63, 3.8) is 0 Å². The predicted octanol–water partition coefficient (Wildman–Crippen LogP) is 2.01. The summed E-state index contributed by atoms with van der Waals surface area (Å²) in [4.78, 5) is 27.8. The molecule has 0 radical (unpaired) electrons. The Labute approximate surface area is 144 Å². The van der Waals surface area contributed by atoms with E-state index in [4.69, 9.17) is 9.47 Å². The van der Waals surface area contributed by atoms with Gasteiger partial charge in [0.05, 0.1) is 20.3 Å². The van der Waals surface area contributed by atoms with Gasteiger partial charge in [0, 0.05) is 12.4 Å². The summed E-state index contributed by atoms with van der Waals surface area (Å²) in [5, 5.41) is 7.13. The molecule has 2 rings (SSSR count). The fourth-order valence-electron chi connectivity index (χ4n) is 2.07. The Hall–Kier alpha value is -2.61. The van der Waals surface area contributed by atoms with Crippen molar-refractivity contribution in [1.29, 1.82) is 0 Å². The summed E-state index contributed by atoms with van der Waals surface area (Å²) in [7, 11) is 4.64. The lowest BCUT2D eigenvalue weighted by Crippen LogP contribution is -2.27. The second-order valence-electron chi connectivity index (χ2n) is 4.93. The van der Waals surface area contributed by atoms with Gasteiger partial charge >= 0.3 is 0 Å². The Morgan fingerprint density at radius 1 is 1.17 bits per heavy atom. The zero-order chi connectivity index (χ0) is 17.7. The number of carbonyl (C=O) groups excluding carboxylic acids is 2. The highest BCUT2D eigenvalue weighted by Gasteiger charge is 2.18. The molecular formula is C16H19N3O4S. The zero-order valence-corrected chi connectivity index (χ0v) is 14.7. The maximum Gasteiger partial charge on any atom is 0.280 e. The quantitative estimate of drug-likeness (QED) is 0.833. The number of rotatable bonds is 6. The normalized spacial score (nSPS) is 11.5. The number of methoxy groups -OCH3 is 2. The van der Waals surface area contributed by atoms with Gasteiger partial charge in [-0.1, -0.05) is 6.07 Å². The molecule has 0 spiro atoms. The lowest BCUT2D eigenvalue weighted by Gasteiger charge is -2.16. The third kappa shape index (κ3) is 3.83. The van der Waals surface area contributed by atoms with Gasteiger partial charge in [0.2, 0.25) is 0 Å². The molecule has 1 aromatic carbocycles. The van der Waals surface area contributed by atoms with Crippen LogP contribution in [0.4, 0.5) is 0 Å². The number of nitrogens with one attached hydrogen (secondary N) is 2. The summed E-state index contributed by atoms with van der Waals surface area (Å²) in [6.07, 6.45) is 0. The summed E-state index contributed by atoms with van der Waals surface area (Å²) < 4.78 is 10.5. The average molecular weight is 349 g/mol. The fourth-order valence-corrected chi connectivity index (χ4v) is 2.81. The molecule has 2 amide bonds. The molecule has 0 unspecified atom stereocenters. The number of hydrogen-bond acceptors (Lipinski definition) is 6. The third-order valence-corrected chi connectivity index (χ3v) is 4.25. The first-order valence-corrected chi connectivity index (χ1v) is 8.08. The molecule has 0 bridgehead atoms. The summed E-state index contributed by atoms with van der Waals surface area (Å²) in [6.45, 7) is 1.85. The van der Waals surface area contributed by atoms with Gasteiger partial charge in [0.25, 0.3) is 11.8 Å². The number of ether oxygens (including phenoxy) is 2. The van der Waals surface area contributed by atoms with E-state index in [-0.39, 0.29) is 28.6 Å². The molecule has 2 N–H and O–H groups in total. The Balaban J connectivity index is 2.11. The molecule has 1 atom stereocenters. The minimum atomic E-state index is -0.344. The smallest absolute Gasteiger partial charge is 0.280 e. The molecule has 0 saturated carbocycles. The van der Waals surface area contributed by atoms with Crippen molar-refractivity contribution in [2.75, 3.05) is 21.3 Å². The van der Waals surface area contributed by atoms with Crippen molar-refractivity contribution in [3.05, 3.63) is 39.8 Å². The highest BCUT2D eigenvalue weighted by atomic mass is 32.1. The zero-order valence-electron chi connectivity index (χ0n) is 13.9. The Morgan fingerprint density at radius 2 is 1.88 bits per heavy atom. The van der Waals surface area contributed by atoms with E-state index in [0.717, 1.165) is 16.9 Å². The largest absolute Gasteiger partial charge is 0.493 e. The van der Waals surface area contributed by atoms with Crippen molar-refractivity contribution in [1.82, 2.24) is 15.6 Å². The summed E-state index contributed by atoms with van der Waals surface area (Å²) >= 11 is 1.12. The molecule has 2 aromatic rings. The van der Waals surface area contributed by atoms with Crippen molar-refractivity contribution in [2.45, 2.75) is 13.0 Å². The maximum absolute atomic E-state index is 12.3. The second-order valence-corrected chi connectivity index (χ2v) is 5.78. The van der Waals surface area contributed by atoms with E-state index in [2.05, 4.69) is 15.6 Å². The topological polar surface area (TPSA) is 89.6 Å². The van der Waals surface area contributed by atoms with Gasteiger partial charge in [-0.15, -0.1) is 11.3 Å². The summed E-state index contributed by atoms with van der Waals surface area (Å²) in [5.74, 6) is 0.553. The van der Waals surface area contributed by atoms with Gasteiger partial charge in [-0.2, -0.15) is 0 Å². The SMILES string of the molecule is CNC(=O)c1nc(C(=O)N[C@@H](C)c2ccc(OC)c(OC)c2)cs1. The van der Waals surface area contributed by atoms with Crippen LogP contribution in [0.1, 0.15) is 38.8 Å². The molecule has 0 saturated heterocycles. The van der Waals surface area contributed by atoms with Crippen molar-refractivity contribution < 1.29 is 19.1 Å². The molecular weight excluding hydrogens is 330 g/mol. The molecule has 8 heteroatoms. The van der Waals surface area contributed by atoms with Crippen LogP contribution in [0, 0.1) is 0 Å². The second kappa shape index (κ2) is 7.78. The highest BCUT2D eigenvalue weighted by Crippen LogP contribution is 2.29. The van der Waals surface area contributed by atoms with Gasteiger partial charge < -0.3 is 20.1 Å². The van der Waals surface area contributed by atoms with Crippen LogP contribution in [0.3, 0.4) is 0 Å². The Morgan fingerprint density at radius 3 is 2.50 bits per heavy atom. The van der Waals surface area contributed by atoms with Crippen LogP contribution in [0.5, 0.6) is 11.5 Å². The summed E-state index contributed by atoms with van der Waals surface area (Å²) in [5.41, 5.74) is 1.08. The van der Waals surface area contributed by atoms with Crippen LogP contribution in [0.15, 0.2) is 23.6 Å². The lowest BCUT2D eigenvalue weighted by atomic mass is 10.1. The summed E-state index contributed by atoms with van der Waals surface area (Å²) in [6, 6.07) is 5.18. The van der Waals surface area contributed by atoms with Gasteiger partial charge in [-0.3, -0.25) is 9.59 Å². The molecule has 0 fully saturated rings. The van der Waals surface area contributed by atoms with Crippen molar-refractivity contribution >= 4 is 23.2 Å². The number of nitrogens with zero attached hydrogens (tertiary/aromatic N) is 1. The first-order chi connectivity index (χ1) is 11.5. The van der Waals surface area contributed by atoms with Gasteiger partial charge in [0.1, 0.15) is 5.69 Å². The molecule has 0 aliphatic carbocycles. The van der Waals surface area contributed by atoms with Crippen LogP contribution in [-0.2, 0) is 0 Å². The number of benzene rings is 1. The fraction of sp³-hybridized carbons (Fsp3) is 0.312. The van der Waals surface area contributed by atoms with Crippen molar-refractivity contribution in [2.24, 2.45) is 0 Å². The monoisotopic (exact) mass is 349 g/mol. The Bertz CT molecular complexity index is 745. The molecule has 1 aromatic heterocycles. The van der Waals surface area contributed by atoms with Crippen LogP contribution in [-0.4, -0.2) is 38.1 Å². The molecule has 7 nitrogen and oxygen atoms in total. The molecule has 24 heavy (non-hydrogen) atoms. The highest BCUT2D eigenvalue weighted by molar-refractivity contribution is 7.11. The third-order valence-electron chi connectivity index (χ3n) is 3.41. The first kappa shape index (κ1) is 17.7. The van der Waals surface area contributed by atoms with Gasteiger partial charge in [-0.25, -0.2) is 4.98 Å². The maximum atomic E-state index is 12.3. The van der Waals surface area contributed by atoms with Crippen LogP contribution < -0.4 is 20.1 Å². The van der Waals surface area contributed by atoms with Crippen LogP contribution in [0.25, 0.3) is 0 Å². The minimum Gasteiger partial charge on any atom is -0.493 e. The van der Waals surface area contributed by atoms with Crippen molar-refractivity contribution in [3.8, 4) is 11.5 Å². The van der Waals surface area contributed by atoms with E-state index in [9.17, 15) is 9.59 Å².